The highest BCUT2D eigenvalue weighted by molar-refractivity contribution is 5.92. The third-order valence-electron chi connectivity index (χ3n) is 2.71. The van der Waals surface area contributed by atoms with Gasteiger partial charge in [0, 0.05) is 24.0 Å². The lowest BCUT2D eigenvalue weighted by Gasteiger charge is -2.11. The summed E-state index contributed by atoms with van der Waals surface area (Å²) in [5.74, 6) is -0.0237. The number of amides is 1. The van der Waals surface area contributed by atoms with Crippen molar-refractivity contribution in [3.8, 4) is 5.75 Å². The molecule has 110 valence electrons. The van der Waals surface area contributed by atoms with Crippen molar-refractivity contribution in [1.82, 2.24) is 9.55 Å². The summed E-state index contributed by atoms with van der Waals surface area (Å²) in [6, 6.07) is 5.95. The Hall–Kier alpha value is -3.03. The van der Waals surface area contributed by atoms with Crippen LogP contribution in [-0.4, -0.2) is 22.6 Å². The SMILES string of the molecule is COc1cc(N)ccc1NC(=O)Cn1ccc(=O)[nH]c1=O. The number of carbonyl (C=O) groups is 1. The number of nitrogen functional groups attached to an aromatic ring is 1. The highest BCUT2D eigenvalue weighted by Crippen LogP contribution is 2.26. The number of nitrogens with zero attached hydrogens (tertiary/aromatic N) is 1. The molecule has 4 N–H and O–H groups in total. The number of hydrogen-bond acceptors (Lipinski definition) is 5. The van der Waals surface area contributed by atoms with Gasteiger partial charge < -0.3 is 15.8 Å². The molecule has 0 unspecified atom stereocenters. The molecule has 0 bridgehead atoms. The van der Waals surface area contributed by atoms with E-state index in [0.29, 0.717) is 17.1 Å². The molecule has 1 aromatic carbocycles. The van der Waals surface area contributed by atoms with Crippen LogP contribution in [-0.2, 0) is 11.3 Å². The Morgan fingerprint density at radius 2 is 2.14 bits per heavy atom. The van der Waals surface area contributed by atoms with Gasteiger partial charge in [0.1, 0.15) is 12.3 Å². The molecule has 1 amide bonds. The van der Waals surface area contributed by atoms with Crippen LogP contribution in [0.2, 0.25) is 0 Å². The maximum absolute atomic E-state index is 11.9. The predicted molar refractivity (Wildman–Crippen MR) is 77.4 cm³/mol. The second-order valence-electron chi connectivity index (χ2n) is 4.25. The average Bonchev–Trinajstić information content (AvgIpc) is 2.44. The third kappa shape index (κ3) is 3.50. The van der Waals surface area contributed by atoms with E-state index in [4.69, 9.17) is 10.5 Å². The number of aromatic nitrogens is 2. The summed E-state index contributed by atoms with van der Waals surface area (Å²) < 4.78 is 6.19. The fraction of sp³-hybridized carbons (Fsp3) is 0.154. The van der Waals surface area contributed by atoms with Gasteiger partial charge in [0.25, 0.3) is 5.56 Å². The van der Waals surface area contributed by atoms with Crippen molar-refractivity contribution in [2.24, 2.45) is 0 Å². The van der Waals surface area contributed by atoms with Gasteiger partial charge in [-0.25, -0.2) is 4.79 Å². The molecule has 0 aliphatic rings. The van der Waals surface area contributed by atoms with Gasteiger partial charge in [-0.15, -0.1) is 0 Å². The molecule has 0 radical (unpaired) electrons. The number of H-pyrrole nitrogens is 1. The van der Waals surface area contributed by atoms with Crippen LogP contribution in [0.1, 0.15) is 0 Å². The molecule has 1 heterocycles. The maximum Gasteiger partial charge on any atom is 0.328 e. The molecule has 0 saturated carbocycles. The molecule has 8 heteroatoms. The Bertz CT molecular complexity index is 778. The molecule has 0 atom stereocenters. The van der Waals surface area contributed by atoms with E-state index in [1.54, 1.807) is 18.2 Å². The number of ether oxygens (including phenoxy) is 1. The van der Waals surface area contributed by atoms with Crippen LogP contribution in [0.25, 0.3) is 0 Å². The zero-order valence-corrected chi connectivity index (χ0v) is 11.3. The second kappa shape index (κ2) is 5.95. The summed E-state index contributed by atoms with van der Waals surface area (Å²) >= 11 is 0. The number of methoxy groups -OCH3 is 1. The first kappa shape index (κ1) is 14.4. The van der Waals surface area contributed by atoms with Gasteiger partial charge >= 0.3 is 5.69 Å². The molecule has 8 nitrogen and oxygen atoms in total. The van der Waals surface area contributed by atoms with E-state index in [2.05, 4.69) is 10.3 Å². The first-order chi connectivity index (χ1) is 9.99. The highest BCUT2D eigenvalue weighted by Gasteiger charge is 2.09. The van der Waals surface area contributed by atoms with Gasteiger partial charge in [-0.2, -0.15) is 0 Å². The van der Waals surface area contributed by atoms with Crippen molar-refractivity contribution in [2.45, 2.75) is 6.54 Å². The third-order valence-corrected chi connectivity index (χ3v) is 2.71. The van der Waals surface area contributed by atoms with Gasteiger partial charge in [0.2, 0.25) is 5.91 Å². The van der Waals surface area contributed by atoms with Gasteiger partial charge in [-0.1, -0.05) is 0 Å². The molecule has 2 aromatic rings. The topological polar surface area (TPSA) is 119 Å². The highest BCUT2D eigenvalue weighted by atomic mass is 16.5. The Labute approximate surface area is 119 Å². The van der Waals surface area contributed by atoms with Gasteiger partial charge in [0.15, 0.2) is 0 Å². The fourth-order valence-corrected chi connectivity index (χ4v) is 1.72. The molecule has 0 saturated heterocycles. The molecule has 0 fully saturated rings. The second-order valence-corrected chi connectivity index (χ2v) is 4.25. The van der Waals surface area contributed by atoms with Crippen molar-refractivity contribution in [3.63, 3.8) is 0 Å². The van der Waals surface area contributed by atoms with Crippen molar-refractivity contribution in [2.75, 3.05) is 18.2 Å². The van der Waals surface area contributed by atoms with Gasteiger partial charge in [-0.3, -0.25) is 19.1 Å². The number of hydrogen-bond donors (Lipinski definition) is 3. The van der Waals surface area contributed by atoms with Crippen molar-refractivity contribution in [1.29, 1.82) is 0 Å². The Morgan fingerprint density at radius 3 is 2.81 bits per heavy atom. The molecule has 1 aromatic heterocycles. The quantitative estimate of drug-likeness (QED) is 0.672. The summed E-state index contributed by atoms with van der Waals surface area (Å²) in [5, 5.41) is 2.61. The lowest BCUT2D eigenvalue weighted by molar-refractivity contribution is -0.116. The largest absolute Gasteiger partial charge is 0.494 e. The molecular weight excluding hydrogens is 276 g/mol. The molecule has 21 heavy (non-hydrogen) atoms. The fourth-order valence-electron chi connectivity index (χ4n) is 1.72. The van der Waals surface area contributed by atoms with E-state index in [1.165, 1.54) is 19.4 Å². The van der Waals surface area contributed by atoms with Crippen LogP contribution in [0.5, 0.6) is 5.75 Å². The van der Waals surface area contributed by atoms with E-state index in [-0.39, 0.29) is 6.54 Å². The van der Waals surface area contributed by atoms with Gasteiger partial charge in [0.05, 0.1) is 12.8 Å². The summed E-state index contributed by atoms with van der Waals surface area (Å²) in [5.41, 5.74) is 5.39. The van der Waals surface area contributed by atoms with Crippen molar-refractivity contribution in [3.05, 3.63) is 51.3 Å². The minimum absolute atomic E-state index is 0.233. The minimum atomic E-state index is -0.651. The number of rotatable bonds is 4. The van der Waals surface area contributed by atoms with Crippen LogP contribution >= 0.6 is 0 Å². The number of anilines is 2. The van der Waals surface area contributed by atoms with Crippen LogP contribution < -0.4 is 27.0 Å². The molecule has 0 aliphatic heterocycles. The summed E-state index contributed by atoms with van der Waals surface area (Å²) in [7, 11) is 1.46. The van der Waals surface area contributed by atoms with Crippen LogP contribution in [0.15, 0.2) is 40.1 Å². The van der Waals surface area contributed by atoms with Crippen molar-refractivity contribution < 1.29 is 9.53 Å². The molecular formula is C13H14N4O4. The standard InChI is InChI=1S/C13H14N4O4/c1-21-10-6-8(14)2-3-9(10)15-12(19)7-17-5-4-11(18)16-13(17)20/h2-6H,7,14H2,1H3,(H,15,19)(H,16,18,20). The first-order valence-corrected chi connectivity index (χ1v) is 6.03. The average molecular weight is 290 g/mol. The van der Waals surface area contributed by atoms with E-state index >= 15 is 0 Å². The predicted octanol–water partition coefficient (Wildman–Crippen LogP) is -0.234. The molecule has 2 rings (SSSR count). The normalized spacial score (nSPS) is 10.1. The summed E-state index contributed by atoms with van der Waals surface area (Å²) in [6.07, 6.45) is 1.25. The number of benzene rings is 1. The van der Waals surface area contributed by atoms with E-state index in [9.17, 15) is 14.4 Å². The smallest absolute Gasteiger partial charge is 0.328 e. The first-order valence-electron chi connectivity index (χ1n) is 6.03. The van der Waals surface area contributed by atoms with E-state index < -0.39 is 17.2 Å². The minimum Gasteiger partial charge on any atom is -0.494 e. The van der Waals surface area contributed by atoms with E-state index in [0.717, 1.165) is 4.57 Å². The lowest BCUT2D eigenvalue weighted by atomic mass is 10.2. The Kier molecular flexibility index (Phi) is 4.07. The zero-order chi connectivity index (χ0) is 15.4. The van der Waals surface area contributed by atoms with Gasteiger partial charge in [-0.05, 0) is 12.1 Å². The number of carbonyl (C=O) groups excluding carboxylic acids is 1. The molecule has 0 spiro atoms. The summed E-state index contributed by atoms with van der Waals surface area (Å²) in [6.45, 7) is -0.233. The van der Waals surface area contributed by atoms with Crippen LogP contribution in [0.4, 0.5) is 11.4 Å². The lowest BCUT2D eigenvalue weighted by Crippen LogP contribution is -2.32. The molecule has 0 aliphatic carbocycles. The van der Waals surface area contributed by atoms with E-state index in [1.807, 2.05) is 0 Å². The monoisotopic (exact) mass is 290 g/mol. The Morgan fingerprint density at radius 1 is 1.38 bits per heavy atom. The van der Waals surface area contributed by atoms with Crippen LogP contribution in [0, 0.1) is 0 Å². The summed E-state index contributed by atoms with van der Waals surface area (Å²) in [4.78, 5) is 36.4. The zero-order valence-electron chi connectivity index (χ0n) is 11.3. The number of aromatic amines is 1. The maximum atomic E-state index is 11.9. The Balaban J connectivity index is 2.15. The van der Waals surface area contributed by atoms with Crippen molar-refractivity contribution >= 4 is 17.3 Å². The van der Waals surface area contributed by atoms with Crippen LogP contribution in [0.3, 0.4) is 0 Å². The number of nitrogens with two attached hydrogens (primary N) is 1. The number of nitrogens with one attached hydrogen (secondary N) is 2.